The number of anilines is 2. The lowest BCUT2D eigenvalue weighted by atomic mass is 10.0. The van der Waals surface area contributed by atoms with Gasteiger partial charge in [0.15, 0.2) is 12.0 Å². The number of nitrogens with zero attached hydrogens (tertiary/aromatic N) is 3. The highest BCUT2D eigenvalue weighted by molar-refractivity contribution is 6.30. The van der Waals surface area contributed by atoms with E-state index in [1.165, 1.54) is 16.8 Å². The van der Waals surface area contributed by atoms with Crippen molar-refractivity contribution in [1.82, 2.24) is 9.55 Å². The average molecular weight is 481 g/mol. The number of hydrogen-bond donors (Lipinski definition) is 3. The molecule has 11 heteroatoms. The summed E-state index contributed by atoms with van der Waals surface area (Å²) in [7, 11) is 0. The van der Waals surface area contributed by atoms with Crippen LogP contribution in [0.3, 0.4) is 0 Å². The molecule has 4 N–H and O–H groups in total. The van der Waals surface area contributed by atoms with Crippen LogP contribution in [0.5, 0.6) is 0 Å². The molecule has 0 spiro atoms. The van der Waals surface area contributed by atoms with Gasteiger partial charge in [0.25, 0.3) is 0 Å². The summed E-state index contributed by atoms with van der Waals surface area (Å²) in [6.45, 7) is 3.16. The van der Waals surface area contributed by atoms with E-state index >= 15 is 0 Å². The van der Waals surface area contributed by atoms with Crippen LogP contribution in [0, 0.1) is 0 Å². The lowest BCUT2D eigenvalue weighted by molar-refractivity contribution is -0.285. The topological polar surface area (TPSA) is 132 Å². The number of aliphatic hydroxyl groups excluding tert-OH is 2. The quantitative estimate of drug-likeness (QED) is 0.499. The van der Waals surface area contributed by atoms with Crippen molar-refractivity contribution in [2.45, 2.75) is 50.1 Å². The molecule has 2 aliphatic rings. The van der Waals surface area contributed by atoms with E-state index in [-0.39, 0.29) is 5.82 Å². The highest BCUT2D eigenvalue weighted by Gasteiger charge is 2.50. The van der Waals surface area contributed by atoms with Crippen molar-refractivity contribution in [3.63, 3.8) is 0 Å². The molecule has 180 valence electrons. The van der Waals surface area contributed by atoms with Crippen LogP contribution in [0.15, 0.2) is 41.3 Å². The number of rotatable bonds is 7. The summed E-state index contributed by atoms with van der Waals surface area (Å²) in [6.07, 6.45) is -1.55. The van der Waals surface area contributed by atoms with Gasteiger partial charge in [0.05, 0.1) is 6.61 Å². The maximum atomic E-state index is 12.4. The molecule has 0 radical (unpaired) electrons. The summed E-state index contributed by atoms with van der Waals surface area (Å²) < 4.78 is 19.5. The summed E-state index contributed by atoms with van der Waals surface area (Å²) in [4.78, 5) is 18.4. The summed E-state index contributed by atoms with van der Waals surface area (Å²) in [5.74, 6) is -0.911. The Labute approximate surface area is 196 Å². The second-order valence-corrected chi connectivity index (χ2v) is 8.61. The van der Waals surface area contributed by atoms with Gasteiger partial charge in [0.2, 0.25) is 0 Å². The van der Waals surface area contributed by atoms with Crippen molar-refractivity contribution < 1.29 is 24.4 Å². The van der Waals surface area contributed by atoms with Crippen LogP contribution in [0.2, 0.25) is 5.02 Å². The lowest BCUT2D eigenvalue weighted by Gasteiger charge is -2.44. The van der Waals surface area contributed by atoms with Gasteiger partial charge in [-0.05, 0) is 37.3 Å². The van der Waals surface area contributed by atoms with E-state index in [0.717, 1.165) is 5.69 Å². The molecular weight excluding hydrogens is 452 g/mol. The lowest BCUT2D eigenvalue weighted by Crippen LogP contribution is -2.52. The molecule has 0 bridgehead atoms. The largest absolute Gasteiger partial charge is 0.394 e. The first-order valence-electron chi connectivity index (χ1n) is 11.0. The molecule has 4 atom stereocenters. The normalized spacial score (nSPS) is 27.1. The summed E-state index contributed by atoms with van der Waals surface area (Å²) >= 11 is 6.01. The number of hydrogen-bond acceptors (Lipinski definition) is 9. The standard InChI is InChI=1S/C22H29ClN4O6/c1-2-31-22(8-11-26(12-9-22)15-5-3-14(23)4-6-15)33-19-18(29)16(13-28)32-20(19)27-10-7-17(24)25-21(27)30/h3-7,10,16,18-20,28-29H,2,8-9,11-13H2,1H3,(H2,24,25,30)/t16-,18-,19-,20-/m1/s1. The maximum absolute atomic E-state index is 12.4. The first kappa shape index (κ1) is 23.9. The molecule has 0 saturated carbocycles. The molecule has 0 aliphatic carbocycles. The van der Waals surface area contributed by atoms with Crippen molar-refractivity contribution in [3.05, 3.63) is 52.0 Å². The number of aliphatic hydroxyl groups is 2. The first-order valence-corrected chi connectivity index (χ1v) is 11.3. The molecular formula is C22H29ClN4O6. The third kappa shape index (κ3) is 5.01. The zero-order valence-corrected chi connectivity index (χ0v) is 19.1. The van der Waals surface area contributed by atoms with Crippen LogP contribution in [-0.4, -0.2) is 70.2 Å². The molecule has 1 aromatic carbocycles. The van der Waals surface area contributed by atoms with Crippen LogP contribution >= 0.6 is 11.6 Å². The van der Waals surface area contributed by atoms with Crippen molar-refractivity contribution in [2.75, 3.05) is 36.9 Å². The Balaban J connectivity index is 1.56. The molecule has 4 rings (SSSR count). The van der Waals surface area contributed by atoms with Crippen LogP contribution in [-0.2, 0) is 14.2 Å². The predicted molar refractivity (Wildman–Crippen MR) is 122 cm³/mol. The van der Waals surface area contributed by atoms with Crippen molar-refractivity contribution in [1.29, 1.82) is 0 Å². The Hall–Kier alpha value is -2.21. The van der Waals surface area contributed by atoms with E-state index in [0.29, 0.717) is 37.6 Å². The summed E-state index contributed by atoms with van der Waals surface area (Å²) in [5.41, 5.74) is 6.01. The monoisotopic (exact) mass is 480 g/mol. The van der Waals surface area contributed by atoms with Gasteiger partial charge in [-0.1, -0.05) is 11.6 Å². The van der Waals surface area contributed by atoms with Gasteiger partial charge >= 0.3 is 5.69 Å². The predicted octanol–water partition coefficient (Wildman–Crippen LogP) is 1.15. The third-order valence-corrected chi connectivity index (χ3v) is 6.35. The average Bonchev–Trinajstić information content (AvgIpc) is 3.10. The van der Waals surface area contributed by atoms with Gasteiger partial charge in [-0.15, -0.1) is 0 Å². The van der Waals surface area contributed by atoms with E-state index in [9.17, 15) is 15.0 Å². The van der Waals surface area contributed by atoms with Crippen LogP contribution in [0.1, 0.15) is 26.0 Å². The molecule has 2 aliphatic heterocycles. The van der Waals surface area contributed by atoms with E-state index < -0.39 is 42.6 Å². The van der Waals surface area contributed by atoms with Gasteiger partial charge < -0.3 is 35.1 Å². The van der Waals surface area contributed by atoms with E-state index in [2.05, 4.69) is 9.88 Å². The Morgan fingerprint density at radius 3 is 2.58 bits per heavy atom. The number of piperidine rings is 1. The van der Waals surface area contributed by atoms with Gasteiger partial charge in [0, 0.05) is 49.4 Å². The summed E-state index contributed by atoms with van der Waals surface area (Å²) in [5, 5.41) is 21.2. The number of aromatic nitrogens is 2. The van der Waals surface area contributed by atoms with E-state index in [1.54, 1.807) is 0 Å². The fourth-order valence-corrected chi connectivity index (χ4v) is 4.53. The van der Waals surface area contributed by atoms with Crippen LogP contribution in [0.25, 0.3) is 0 Å². The van der Waals surface area contributed by atoms with Crippen LogP contribution < -0.4 is 16.3 Å². The Kier molecular flexibility index (Phi) is 7.22. The fraction of sp³-hybridized carbons (Fsp3) is 0.545. The maximum Gasteiger partial charge on any atom is 0.351 e. The summed E-state index contributed by atoms with van der Waals surface area (Å²) in [6, 6.07) is 9.09. The van der Waals surface area contributed by atoms with Gasteiger partial charge in [0.1, 0.15) is 24.1 Å². The van der Waals surface area contributed by atoms with Gasteiger partial charge in [-0.2, -0.15) is 4.98 Å². The zero-order chi connectivity index (χ0) is 23.6. The molecule has 0 amide bonds. The van der Waals surface area contributed by atoms with Crippen LogP contribution in [0.4, 0.5) is 11.5 Å². The molecule has 1 aromatic heterocycles. The second kappa shape index (κ2) is 9.96. The molecule has 3 heterocycles. The fourth-order valence-electron chi connectivity index (χ4n) is 4.40. The first-order chi connectivity index (χ1) is 15.9. The number of halogens is 1. The number of ether oxygens (including phenoxy) is 3. The molecule has 2 fully saturated rings. The third-order valence-electron chi connectivity index (χ3n) is 6.09. The molecule has 0 unspecified atom stereocenters. The highest BCUT2D eigenvalue weighted by Crippen LogP contribution is 2.38. The van der Waals surface area contributed by atoms with E-state index in [1.807, 2.05) is 31.2 Å². The number of nitrogens with two attached hydrogens (primary N) is 1. The Morgan fingerprint density at radius 2 is 1.97 bits per heavy atom. The SMILES string of the molecule is CCOC1(O[C@@H]2[C@H](O)[C@@H](CO)O[C@H]2n2ccc(N)nc2=O)CCN(c2ccc(Cl)cc2)CC1. The number of nitrogen functional groups attached to an aromatic ring is 1. The minimum Gasteiger partial charge on any atom is -0.394 e. The Bertz CT molecular complexity index is 995. The van der Waals surface area contributed by atoms with Gasteiger partial charge in [-0.25, -0.2) is 4.79 Å². The molecule has 10 nitrogen and oxygen atoms in total. The minimum absolute atomic E-state index is 0.0753. The highest BCUT2D eigenvalue weighted by atomic mass is 35.5. The van der Waals surface area contributed by atoms with Crippen molar-refractivity contribution in [2.24, 2.45) is 0 Å². The molecule has 33 heavy (non-hydrogen) atoms. The zero-order valence-electron chi connectivity index (χ0n) is 18.3. The minimum atomic E-state index is -1.17. The Morgan fingerprint density at radius 1 is 1.27 bits per heavy atom. The van der Waals surface area contributed by atoms with E-state index in [4.69, 9.17) is 31.5 Å². The van der Waals surface area contributed by atoms with Crippen molar-refractivity contribution >= 4 is 23.1 Å². The number of benzene rings is 1. The van der Waals surface area contributed by atoms with Crippen molar-refractivity contribution in [3.8, 4) is 0 Å². The molecule has 2 saturated heterocycles. The smallest absolute Gasteiger partial charge is 0.351 e. The second-order valence-electron chi connectivity index (χ2n) is 8.17. The molecule has 2 aromatic rings. The van der Waals surface area contributed by atoms with Gasteiger partial charge in [-0.3, -0.25) is 4.57 Å².